The van der Waals surface area contributed by atoms with E-state index >= 15 is 0 Å². The number of aromatic nitrogens is 1. The van der Waals surface area contributed by atoms with Crippen molar-refractivity contribution in [3.63, 3.8) is 0 Å². The summed E-state index contributed by atoms with van der Waals surface area (Å²) in [6.07, 6.45) is 3.80. The Kier molecular flexibility index (Phi) is 2.77. The van der Waals surface area contributed by atoms with Gasteiger partial charge in [0.2, 0.25) is 0 Å². The molecular weight excluding hydrogens is 275 g/mol. The summed E-state index contributed by atoms with van der Waals surface area (Å²) < 4.78 is 13.9. The average Bonchev–Trinajstić information content (AvgIpc) is 3.10. The van der Waals surface area contributed by atoms with Crippen LogP contribution < -0.4 is 0 Å². The van der Waals surface area contributed by atoms with Crippen LogP contribution in [0.15, 0.2) is 18.2 Å². The molecule has 2 atom stereocenters. The number of nitrogens with zero attached hydrogens (tertiary/aromatic N) is 2. The van der Waals surface area contributed by atoms with Crippen molar-refractivity contribution in [3.8, 4) is 0 Å². The first kappa shape index (κ1) is 12.3. The zero-order valence-corrected chi connectivity index (χ0v) is 11.8. The first-order chi connectivity index (χ1) is 9.70. The Bertz CT molecular complexity index is 672. The van der Waals surface area contributed by atoms with Gasteiger partial charge in [0.15, 0.2) is 5.01 Å². The molecule has 2 aliphatic rings. The number of thiazole rings is 1. The summed E-state index contributed by atoms with van der Waals surface area (Å²) >= 11 is 1.29. The van der Waals surface area contributed by atoms with Gasteiger partial charge in [-0.1, -0.05) is 6.42 Å². The molecule has 0 unspecified atom stereocenters. The van der Waals surface area contributed by atoms with Crippen LogP contribution in [0.3, 0.4) is 0 Å². The zero-order chi connectivity index (χ0) is 13.7. The van der Waals surface area contributed by atoms with Crippen molar-refractivity contribution >= 4 is 27.5 Å². The van der Waals surface area contributed by atoms with E-state index in [1.54, 1.807) is 6.07 Å². The van der Waals surface area contributed by atoms with E-state index in [2.05, 4.69) is 4.98 Å². The van der Waals surface area contributed by atoms with Crippen LogP contribution in [0.5, 0.6) is 0 Å². The predicted molar refractivity (Wildman–Crippen MR) is 76.3 cm³/mol. The number of carbonyl (C=O) groups is 1. The van der Waals surface area contributed by atoms with Gasteiger partial charge in [-0.05, 0) is 42.9 Å². The van der Waals surface area contributed by atoms with E-state index in [9.17, 15) is 9.18 Å². The van der Waals surface area contributed by atoms with Gasteiger partial charge in [0.05, 0.1) is 10.2 Å². The van der Waals surface area contributed by atoms with E-state index in [1.807, 2.05) is 4.90 Å². The molecule has 2 fully saturated rings. The third-order valence-corrected chi connectivity index (χ3v) is 5.55. The van der Waals surface area contributed by atoms with Gasteiger partial charge in [-0.3, -0.25) is 4.79 Å². The highest BCUT2D eigenvalue weighted by Crippen LogP contribution is 2.38. The summed E-state index contributed by atoms with van der Waals surface area (Å²) in [5, 5.41) is 0.491. The molecule has 1 aliphatic heterocycles. The van der Waals surface area contributed by atoms with Gasteiger partial charge < -0.3 is 4.90 Å². The van der Waals surface area contributed by atoms with Crippen molar-refractivity contribution in [1.29, 1.82) is 0 Å². The molecule has 1 saturated heterocycles. The van der Waals surface area contributed by atoms with Gasteiger partial charge in [0, 0.05) is 13.1 Å². The lowest BCUT2D eigenvalue weighted by atomic mass is 10.0. The first-order valence-corrected chi connectivity index (χ1v) is 7.88. The fourth-order valence-electron chi connectivity index (χ4n) is 3.53. The van der Waals surface area contributed by atoms with Crippen LogP contribution in [0.25, 0.3) is 10.2 Å². The van der Waals surface area contributed by atoms with Gasteiger partial charge in [0.25, 0.3) is 5.91 Å². The van der Waals surface area contributed by atoms with Crippen LogP contribution in [-0.2, 0) is 0 Å². The summed E-state index contributed by atoms with van der Waals surface area (Å²) in [5.41, 5.74) is 0.708. The molecule has 0 spiro atoms. The molecule has 0 bridgehead atoms. The topological polar surface area (TPSA) is 33.2 Å². The predicted octanol–water partition coefficient (Wildman–Crippen LogP) is 3.31. The summed E-state index contributed by atoms with van der Waals surface area (Å²) in [4.78, 5) is 18.8. The molecule has 3 nitrogen and oxygen atoms in total. The minimum atomic E-state index is -0.282. The Hall–Kier alpha value is -1.49. The smallest absolute Gasteiger partial charge is 0.282 e. The maximum atomic E-state index is 13.2. The summed E-state index contributed by atoms with van der Waals surface area (Å²) in [5.74, 6) is 1.11. The molecule has 1 aromatic heterocycles. The number of amides is 1. The van der Waals surface area contributed by atoms with E-state index < -0.39 is 0 Å². The lowest BCUT2D eigenvalue weighted by molar-refractivity contribution is 0.0780. The number of carbonyl (C=O) groups excluding carboxylic acids is 1. The summed E-state index contributed by atoms with van der Waals surface area (Å²) in [7, 11) is 0. The van der Waals surface area contributed by atoms with Crippen LogP contribution in [0, 0.1) is 17.7 Å². The number of rotatable bonds is 1. The largest absolute Gasteiger partial charge is 0.336 e. The third kappa shape index (κ3) is 1.92. The number of halogens is 1. The van der Waals surface area contributed by atoms with Crippen LogP contribution in [0.4, 0.5) is 4.39 Å². The number of hydrogen-bond acceptors (Lipinski definition) is 3. The standard InChI is InChI=1S/C15H15FN2OS/c16-11-4-5-12-13(6-11)20-14(17-12)15(19)18-7-9-2-1-3-10(9)8-18/h4-6,9-10H,1-3,7-8H2/t9-,10+. The van der Waals surface area contributed by atoms with E-state index in [0.29, 0.717) is 22.4 Å². The Morgan fingerprint density at radius 2 is 2.05 bits per heavy atom. The Morgan fingerprint density at radius 1 is 1.30 bits per heavy atom. The maximum Gasteiger partial charge on any atom is 0.282 e. The second kappa shape index (κ2) is 4.52. The first-order valence-electron chi connectivity index (χ1n) is 7.06. The number of likely N-dealkylation sites (tertiary alicyclic amines) is 1. The van der Waals surface area contributed by atoms with Gasteiger partial charge in [-0.25, -0.2) is 9.37 Å². The highest BCUT2D eigenvalue weighted by atomic mass is 32.1. The zero-order valence-electron chi connectivity index (χ0n) is 11.0. The Morgan fingerprint density at radius 3 is 2.80 bits per heavy atom. The van der Waals surface area contributed by atoms with E-state index in [-0.39, 0.29) is 11.7 Å². The molecule has 2 heterocycles. The van der Waals surface area contributed by atoms with Gasteiger partial charge >= 0.3 is 0 Å². The van der Waals surface area contributed by atoms with Crippen molar-refractivity contribution in [3.05, 3.63) is 29.0 Å². The Labute approximate surface area is 120 Å². The van der Waals surface area contributed by atoms with Crippen LogP contribution >= 0.6 is 11.3 Å². The van der Waals surface area contributed by atoms with E-state index in [4.69, 9.17) is 0 Å². The van der Waals surface area contributed by atoms with Crippen molar-refractivity contribution in [1.82, 2.24) is 9.88 Å². The van der Waals surface area contributed by atoms with Gasteiger partial charge in [-0.2, -0.15) is 0 Å². The minimum Gasteiger partial charge on any atom is -0.336 e. The fraction of sp³-hybridized carbons (Fsp3) is 0.467. The maximum absolute atomic E-state index is 13.2. The molecule has 104 valence electrons. The molecule has 2 aromatic rings. The van der Waals surface area contributed by atoms with Crippen LogP contribution in [0.2, 0.25) is 0 Å². The lowest BCUT2D eigenvalue weighted by Gasteiger charge is -2.15. The molecule has 4 rings (SSSR count). The second-order valence-electron chi connectivity index (χ2n) is 5.79. The molecule has 1 saturated carbocycles. The molecule has 1 aromatic carbocycles. The SMILES string of the molecule is O=C(c1nc2ccc(F)cc2s1)N1C[C@H]2CCC[C@H]2C1. The molecule has 1 aliphatic carbocycles. The molecule has 1 amide bonds. The highest BCUT2D eigenvalue weighted by Gasteiger charge is 2.38. The number of benzene rings is 1. The number of fused-ring (bicyclic) bond motifs is 2. The molecule has 20 heavy (non-hydrogen) atoms. The average molecular weight is 290 g/mol. The second-order valence-corrected chi connectivity index (χ2v) is 6.82. The molecule has 0 N–H and O–H groups in total. The van der Waals surface area contributed by atoms with Crippen molar-refractivity contribution in [2.75, 3.05) is 13.1 Å². The van der Waals surface area contributed by atoms with Crippen molar-refractivity contribution in [2.45, 2.75) is 19.3 Å². The lowest BCUT2D eigenvalue weighted by Crippen LogP contribution is -2.29. The molecule has 0 radical (unpaired) electrons. The normalized spacial score (nSPS) is 25.4. The Balaban J connectivity index is 1.61. The summed E-state index contributed by atoms with van der Waals surface area (Å²) in [6.45, 7) is 1.74. The van der Waals surface area contributed by atoms with Crippen LogP contribution in [-0.4, -0.2) is 28.9 Å². The monoisotopic (exact) mass is 290 g/mol. The van der Waals surface area contributed by atoms with E-state index in [1.165, 1.54) is 42.7 Å². The number of hydrogen-bond donors (Lipinski definition) is 0. The third-order valence-electron chi connectivity index (χ3n) is 4.55. The van der Waals surface area contributed by atoms with Gasteiger partial charge in [-0.15, -0.1) is 11.3 Å². The van der Waals surface area contributed by atoms with E-state index in [0.717, 1.165) is 17.8 Å². The summed E-state index contributed by atoms with van der Waals surface area (Å²) in [6, 6.07) is 4.47. The molecule has 5 heteroatoms. The minimum absolute atomic E-state index is 0.0148. The van der Waals surface area contributed by atoms with Crippen LogP contribution in [0.1, 0.15) is 29.1 Å². The quantitative estimate of drug-likeness (QED) is 0.807. The molecular formula is C15H15FN2OS. The van der Waals surface area contributed by atoms with Gasteiger partial charge in [0.1, 0.15) is 5.82 Å². The van der Waals surface area contributed by atoms with Crippen molar-refractivity contribution < 1.29 is 9.18 Å². The highest BCUT2D eigenvalue weighted by molar-refractivity contribution is 7.20. The fourth-order valence-corrected chi connectivity index (χ4v) is 4.48. The van der Waals surface area contributed by atoms with Crippen molar-refractivity contribution in [2.24, 2.45) is 11.8 Å².